The van der Waals surface area contributed by atoms with Crippen LogP contribution in [0.2, 0.25) is 0 Å². The Labute approximate surface area is 119 Å². The van der Waals surface area contributed by atoms with Crippen molar-refractivity contribution in [3.63, 3.8) is 0 Å². The second-order valence-corrected chi connectivity index (χ2v) is 4.82. The first-order valence-electron chi connectivity index (χ1n) is 5.79. The largest absolute Gasteiger partial charge is 0.269 e. The number of nitro groups is 1. The van der Waals surface area contributed by atoms with E-state index in [0.717, 1.165) is 11.6 Å². The standard InChI is InChI=1S/C14H10ClF2NO2/c15-14(10-6-11(16)8-12(17)7-10)5-9-1-3-13(4-2-9)18(19)20/h1-4,6-8,14H,5H2. The van der Waals surface area contributed by atoms with Crippen LogP contribution in [0.4, 0.5) is 14.5 Å². The van der Waals surface area contributed by atoms with E-state index in [2.05, 4.69) is 0 Å². The van der Waals surface area contributed by atoms with Crippen molar-refractivity contribution in [2.75, 3.05) is 0 Å². The first-order valence-corrected chi connectivity index (χ1v) is 6.23. The average molecular weight is 298 g/mol. The molecule has 1 unspecified atom stereocenters. The van der Waals surface area contributed by atoms with E-state index in [1.807, 2.05) is 0 Å². The number of hydrogen-bond acceptors (Lipinski definition) is 2. The molecule has 1 atom stereocenters. The van der Waals surface area contributed by atoms with Gasteiger partial charge < -0.3 is 0 Å². The maximum atomic E-state index is 13.1. The van der Waals surface area contributed by atoms with Gasteiger partial charge in [0.15, 0.2) is 0 Å². The molecule has 0 fully saturated rings. The molecule has 6 heteroatoms. The quantitative estimate of drug-likeness (QED) is 0.477. The summed E-state index contributed by atoms with van der Waals surface area (Å²) in [7, 11) is 0. The van der Waals surface area contributed by atoms with Crippen molar-refractivity contribution in [3.05, 3.63) is 75.3 Å². The molecule has 20 heavy (non-hydrogen) atoms. The van der Waals surface area contributed by atoms with Crippen molar-refractivity contribution in [3.8, 4) is 0 Å². The molecule has 0 aliphatic heterocycles. The fourth-order valence-electron chi connectivity index (χ4n) is 1.83. The molecule has 0 radical (unpaired) electrons. The van der Waals surface area contributed by atoms with Gasteiger partial charge in [0.05, 0.1) is 10.3 Å². The second-order valence-electron chi connectivity index (χ2n) is 4.30. The molecule has 0 heterocycles. The summed E-state index contributed by atoms with van der Waals surface area (Å²) in [6, 6.07) is 9.00. The van der Waals surface area contributed by atoms with Gasteiger partial charge in [-0.2, -0.15) is 0 Å². The van der Waals surface area contributed by atoms with Crippen LogP contribution in [0.3, 0.4) is 0 Å². The lowest BCUT2D eigenvalue weighted by atomic mass is 10.0. The van der Waals surface area contributed by atoms with Gasteiger partial charge >= 0.3 is 0 Å². The first-order chi connectivity index (χ1) is 9.45. The molecule has 2 aromatic carbocycles. The highest BCUT2D eigenvalue weighted by atomic mass is 35.5. The summed E-state index contributed by atoms with van der Waals surface area (Å²) < 4.78 is 26.2. The lowest BCUT2D eigenvalue weighted by Gasteiger charge is -2.10. The number of nitro benzene ring substituents is 1. The summed E-state index contributed by atoms with van der Waals surface area (Å²) in [5, 5.41) is 9.92. The normalized spacial score (nSPS) is 12.2. The van der Waals surface area contributed by atoms with Gasteiger partial charge in [0.2, 0.25) is 0 Å². The van der Waals surface area contributed by atoms with Crippen molar-refractivity contribution in [1.29, 1.82) is 0 Å². The van der Waals surface area contributed by atoms with E-state index in [1.54, 1.807) is 12.1 Å². The number of alkyl halides is 1. The zero-order valence-electron chi connectivity index (χ0n) is 10.2. The third-order valence-corrected chi connectivity index (χ3v) is 3.21. The van der Waals surface area contributed by atoms with Gasteiger partial charge in [0, 0.05) is 18.2 Å². The van der Waals surface area contributed by atoms with Gasteiger partial charge in [-0.15, -0.1) is 11.6 Å². The molecule has 0 saturated carbocycles. The van der Waals surface area contributed by atoms with Gasteiger partial charge in [-0.25, -0.2) is 8.78 Å². The van der Waals surface area contributed by atoms with Gasteiger partial charge in [0.1, 0.15) is 11.6 Å². The SMILES string of the molecule is O=[N+]([O-])c1ccc(CC(Cl)c2cc(F)cc(F)c2)cc1. The predicted octanol–water partition coefficient (Wildman–Crippen LogP) is 4.40. The lowest BCUT2D eigenvalue weighted by Crippen LogP contribution is -1.98. The molecule has 2 aromatic rings. The van der Waals surface area contributed by atoms with E-state index >= 15 is 0 Å². The minimum Gasteiger partial charge on any atom is -0.258 e. The maximum Gasteiger partial charge on any atom is 0.269 e. The van der Waals surface area contributed by atoms with Crippen LogP contribution in [-0.2, 0) is 6.42 Å². The molecule has 0 amide bonds. The van der Waals surface area contributed by atoms with Crippen LogP contribution < -0.4 is 0 Å². The van der Waals surface area contributed by atoms with Crippen LogP contribution in [0, 0.1) is 21.7 Å². The molecule has 0 bridgehead atoms. The van der Waals surface area contributed by atoms with E-state index in [1.165, 1.54) is 24.3 Å². The van der Waals surface area contributed by atoms with Crippen molar-refractivity contribution in [1.82, 2.24) is 0 Å². The third-order valence-electron chi connectivity index (χ3n) is 2.81. The minimum atomic E-state index is -0.686. The topological polar surface area (TPSA) is 43.1 Å². The predicted molar refractivity (Wildman–Crippen MR) is 71.8 cm³/mol. The van der Waals surface area contributed by atoms with E-state index in [0.29, 0.717) is 12.0 Å². The molecule has 0 spiro atoms. The van der Waals surface area contributed by atoms with Crippen LogP contribution >= 0.6 is 11.6 Å². The molecule has 0 N–H and O–H groups in total. The molecular formula is C14H10ClF2NO2. The van der Waals surface area contributed by atoms with Gasteiger partial charge in [-0.3, -0.25) is 10.1 Å². The number of non-ortho nitro benzene ring substituents is 1. The second kappa shape index (κ2) is 5.96. The van der Waals surface area contributed by atoms with E-state index in [4.69, 9.17) is 11.6 Å². The van der Waals surface area contributed by atoms with Gasteiger partial charge in [-0.1, -0.05) is 12.1 Å². The van der Waals surface area contributed by atoms with Crippen LogP contribution in [0.15, 0.2) is 42.5 Å². The van der Waals surface area contributed by atoms with Crippen molar-refractivity contribution in [2.45, 2.75) is 11.8 Å². The summed E-state index contributed by atoms with van der Waals surface area (Å²) in [5.74, 6) is -1.37. The Kier molecular flexibility index (Phi) is 4.29. The van der Waals surface area contributed by atoms with Crippen molar-refractivity contribution < 1.29 is 13.7 Å². The summed E-state index contributed by atoms with van der Waals surface area (Å²) in [6.45, 7) is 0. The van der Waals surface area contributed by atoms with E-state index < -0.39 is 21.9 Å². The number of hydrogen-bond donors (Lipinski definition) is 0. The zero-order chi connectivity index (χ0) is 14.7. The fourth-order valence-corrected chi connectivity index (χ4v) is 2.14. The Balaban J connectivity index is 2.14. The summed E-state index contributed by atoms with van der Waals surface area (Å²) >= 11 is 6.12. The van der Waals surface area contributed by atoms with Gasteiger partial charge in [0.25, 0.3) is 5.69 Å². The number of nitrogens with zero attached hydrogens (tertiary/aromatic N) is 1. The molecule has 0 aromatic heterocycles. The summed E-state index contributed by atoms with van der Waals surface area (Å²) in [5.41, 5.74) is 1.07. The Morgan fingerprint density at radius 3 is 2.15 bits per heavy atom. The minimum absolute atomic E-state index is 0.0170. The van der Waals surface area contributed by atoms with Crippen molar-refractivity contribution in [2.24, 2.45) is 0 Å². The average Bonchev–Trinajstić information content (AvgIpc) is 2.38. The Morgan fingerprint density at radius 1 is 1.10 bits per heavy atom. The number of benzene rings is 2. The molecule has 2 rings (SSSR count). The summed E-state index contributed by atoms with van der Waals surface area (Å²) in [6.07, 6.45) is 0.322. The lowest BCUT2D eigenvalue weighted by molar-refractivity contribution is -0.384. The Hall–Kier alpha value is -2.01. The highest BCUT2D eigenvalue weighted by Gasteiger charge is 2.13. The third kappa shape index (κ3) is 3.51. The molecule has 0 aliphatic carbocycles. The Bertz CT molecular complexity index is 611. The van der Waals surface area contributed by atoms with E-state index in [9.17, 15) is 18.9 Å². The highest BCUT2D eigenvalue weighted by Crippen LogP contribution is 2.27. The zero-order valence-corrected chi connectivity index (χ0v) is 11.0. The van der Waals surface area contributed by atoms with Crippen LogP contribution in [-0.4, -0.2) is 4.92 Å². The molecular weight excluding hydrogens is 288 g/mol. The Morgan fingerprint density at radius 2 is 1.65 bits per heavy atom. The maximum absolute atomic E-state index is 13.1. The highest BCUT2D eigenvalue weighted by molar-refractivity contribution is 6.20. The fraction of sp³-hybridized carbons (Fsp3) is 0.143. The summed E-state index contributed by atoms with van der Waals surface area (Å²) in [4.78, 5) is 10.0. The molecule has 0 saturated heterocycles. The number of rotatable bonds is 4. The number of halogens is 3. The van der Waals surface area contributed by atoms with Crippen LogP contribution in [0.1, 0.15) is 16.5 Å². The van der Waals surface area contributed by atoms with Crippen LogP contribution in [0.5, 0.6) is 0 Å². The smallest absolute Gasteiger partial charge is 0.258 e. The monoisotopic (exact) mass is 297 g/mol. The van der Waals surface area contributed by atoms with Crippen molar-refractivity contribution >= 4 is 17.3 Å². The van der Waals surface area contributed by atoms with Crippen LogP contribution in [0.25, 0.3) is 0 Å². The van der Waals surface area contributed by atoms with E-state index in [-0.39, 0.29) is 5.69 Å². The van der Waals surface area contributed by atoms with Gasteiger partial charge in [-0.05, 0) is 29.7 Å². The first kappa shape index (κ1) is 14.4. The molecule has 0 aliphatic rings. The molecule has 104 valence electrons. The molecule has 3 nitrogen and oxygen atoms in total.